The van der Waals surface area contributed by atoms with Gasteiger partial charge in [0.1, 0.15) is 0 Å². The van der Waals surface area contributed by atoms with Crippen LogP contribution in [-0.4, -0.2) is 19.3 Å². The van der Waals surface area contributed by atoms with E-state index < -0.39 is 0 Å². The van der Waals surface area contributed by atoms with Gasteiger partial charge in [0.25, 0.3) is 0 Å². The Labute approximate surface area is 92.6 Å². The van der Waals surface area contributed by atoms with Crippen LogP contribution in [0.15, 0.2) is 18.2 Å². The summed E-state index contributed by atoms with van der Waals surface area (Å²) in [6.45, 7) is 9.91. The van der Waals surface area contributed by atoms with Crippen molar-refractivity contribution in [1.82, 2.24) is 0 Å². The van der Waals surface area contributed by atoms with E-state index in [0.717, 1.165) is 13.2 Å². The topological polar surface area (TPSA) is 21.3 Å². The highest BCUT2D eigenvalue weighted by Gasteiger charge is 2.02. The predicted molar refractivity (Wildman–Crippen MR) is 65.5 cm³/mol. The van der Waals surface area contributed by atoms with E-state index in [1.807, 2.05) is 6.92 Å². The van der Waals surface area contributed by atoms with Crippen molar-refractivity contribution < 1.29 is 4.74 Å². The fourth-order valence-electron chi connectivity index (χ4n) is 1.68. The average molecular weight is 207 g/mol. The zero-order valence-electron chi connectivity index (χ0n) is 10.1. The molecule has 1 unspecified atom stereocenters. The Kier molecular flexibility index (Phi) is 4.63. The van der Waals surface area contributed by atoms with Gasteiger partial charge >= 0.3 is 0 Å². The first-order chi connectivity index (χ1) is 7.11. The largest absolute Gasteiger partial charge is 0.380 e. The van der Waals surface area contributed by atoms with Crippen LogP contribution in [0, 0.1) is 13.8 Å². The summed E-state index contributed by atoms with van der Waals surface area (Å²) in [6, 6.07) is 6.86. The fourth-order valence-corrected chi connectivity index (χ4v) is 1.68. The van der Waals surface area contributed by atoms with Crippen molar-refractivity contribution in [1.29, 1.82) is 0 Å². The molecule has 1 rings (SSSR count). The third-order valence-corrected chi connectivity index (χ3v) is 2.21. The van der Waals surface area contributed by atoms with Crippen LogP contribution < -0.4 is 5.32 Å². The maximum atomic E-state index is 5.37. The van der Waals surface area contributed by atoms with Crippen LogP contribution >= 0.6 is 0 Å². The van der Waals surface area contributed by atoms with Crippen molar-refractivity contribution in [2.24, 2.45) is 0 Å². The van der Waals surface area contributed by atoms with Crippen LogP contribution in [0.1, 0.15) is 25.0 Å². The Hall–Kier alpha value is -1.02. The third-order valence-electron chi connectivity index (χ3n) is 2.21. The zero-order chi connectivity index (χ0) is 11.3. The van der Waals surface area contributed by atoms with Gasteiger partial charge in [-0.05, 0) is 51.0 Å². The Morgan fingerprint density at radius 1 is 1.20 bits per heavy atom. The molecule has 0 aliphatic carbocycles. The molecular weight excluding hydrogens is 186 g/mol. The Morgan fingerprint density at radius 2 is 1.80 bits per heavy atom. The summed E-state index contributed by atoms with van der Waals surface area (Å²) in [5.74, 6) is 0. The molecule has 1 atom stereocenters. The van der Waals surface area contributed by atoms with Crippen molar-refractivity contribution in [3.8, 4) is 0 Å². The summed E-state index contributed by atoms with van der Waals surface area (Å²) >= 11 is 0. The normalized spacial score (nSPS) is 12.5. The van der Waals surface area contributed by atoms with E-state index in [2.05, 4.69) is 44.3 Å². The number of hydrogen-bond acceptors (Lipinski definition) is 2. The predicted octanol–water partition coefficient (Wildman–Crippen LogP) is 3.14. The number of benzene rings is 1. The summed E-state index contributed by atoms with van der Waals surface area (Å²) in [7, 11) is 0. The molecule has 0 bridgehead atoms. The molecular formula is C13H21NO. The maximum Gasteiger partial charge on any atom is 0.0664 e. The lowest BCUT2D eigenvalue weighted by Crippen LogP contribution is -2.21. The van der Waals surface area contributed by atoms with E-state index in [-0.39, 0.29) is 0 Å². The highest BCUT2D eigenvalue weighted by atomic mass is 16.5. The Bertz CT molecular complexity index is 289. The van der Waals surface area contributed by atoms with Crippen molar-refractivity contribution in [2.45, 2.75) is 33.7 Å². The van der Waals surface area contributed by atoms with Gasteiger partial charge in [-0.25, -0.2) is 0 Å². The van der Waals surface area contributed by atoms with Crippen LogP contribution in [0.2, 0.25) is 0 Å². The molecule has 0 saturated carbocycles. The van der Waals surface area contributed by atoms with E-state index in [1.54, 1.807) is 0 Å². The number of rotatable bonds is 5. The third kappa shape index (κ3) is 4.34. The van der Waals surface area contributed by atoms with Gasteiger partial charge in [-0.15, -0.1) is 0 Å². The van der Waals surface area contributed by atoms with Crippen molar-refractivity contribution in [2.75, 3.05) is 18.5 Å². The second-order valence-corrected chi connectivity index (χ2v) is 4.08. The van der Waals surface area contributed by atoms with Gasteiger partial charge in [0.2, 0.25) is 0 Å². The molecule has 15 heavy (non-hydrogen) atoms. The molecule has 84 valence electrons. The molecule has 0 aliphatic rings. The molecule has 0 amide bonds. The molecule has 2 nitrogen and oxygen atoms in total. The number of ether oxygens (including phenoxy) is 1. The molecule has 1 aromatic rings. The van der Waals surface area contributed by atoms with Crippen LogP contribution in [0.4, 0.5) is 5.69 Å². The number of nitrogens with one attached hydrogen (secondary N) is 1. The van der Waals surface area contributed by atoms with Crippen molar-refractivity contribution in [3.63, 3.8) is 0 Å². The lowest BCUT2D eigenvalue weighted by Gasteiger charge is -2.15. The fraction of sp³-hybridized carbons (Fsp3) is 0.538. The van der Waals surface area contributed by atoms with Gasteiger partial charge in [0, 0.05) is 18.3 Å². The van der Waals surface area contributed by atoms with Gasteiger partial charge in [0.15, 0.2) is 0 Å². The van der Waals surface area contributed by atoms with Crippen LogP contribution in [0.25, 0.3) is 0 Å². The summed E-state index contributed by atoms with van der Waals surface area (Å²) in [6.07, 6.45) is 0. The first-order valence-electron chi connectivity index (χ1n) is 5.54. The number of aryl methyl sites for hydroxylation is 2. The van der Waals surface area contributed by atoms with E-state index in [9.17, 15) is 0 Å². The van der Waals surface area contributed by atoms with Gasteiger partial charge < -0.3 is 10.1 Å². The zero-order valence-corrected chi connectivity index (χ0v) is 10.1. The summed E-state index contributed by atoms with van der Waals surface area (Å²) in [5, 5.41) is 3.43. The van der Waals surface area contributed by atoms with Crippen LogP contribution in [-0.2, 0) is 4.74 Å². The monoisotopic (exact) mass is 207 g/mol. The smallest absolute Gasteiger partial charge is 0.0664 e. The molecule has 1 aromatic carbocycles. The number of hydrogen-bond donors (Lipinski definition) is 1. The first kappa shape index (κ1) is 12.1. The minimum Gasteiger partial charge on any atom is -0.380 e. The molecule has 0 radical (unpaired) electrons. The maximum absolute atomic E-state index is 5.37. The minimum atomic E-state index is 0.353. The first-order valence-corrected chi connectivity index (χ1v) is 5.54. The Balaban J connectivity index is 2.56. The highest BCUT2D eigenvalue weighted by molar-refractivity contribution is 5.48. The molecule has 2 heteroatoms. The quantitative estimate of drug-likeness (QED) is 0.801. The Morgan fingerprint density at radius 3 is 2.33 bits per heavy atom. The second-order valence-electron chi connectivity index (χ2n) is 4.08. The van der Waals surface area contributed by atoms with Gasteiger partial charge in [-0.1, -0.05) is 6.07 Å². The molecule has 0 spiro atoms. The lowest BCUT2D eigenvalue weighted by atomic mass is 10.1. The molecule has 0 fully saturated rings. The van der Waals surface area contributed by atoms with Gasteiger partial charge in [0.05, 0.1) is 6.61 Å². The van der Waals surface area contributed by atoms with E-state index in [0.29, 0.717) is 6.04 Å². The molecule has 0 aliphatic heterocycles. The molecule has 0 heterocycles. The van der Waals surface area contributed by atoms with E-state index in [1.165, 1.54) is 16.8 Å². The van der Waals surface area contributed by atoms with E-state index >= 15 is 0 Å². The minimum absolute atomic E-state index is 0.353. The van der Waals surface area contributed by atoms with Crippen LogP contribution in [0.5, 0.6) is 0 Å². The lowest BCUT2D eigenvalue weighted by molar-refractivity contribution is 0.141. The second kappa shape index (κ2) is 5.76. The molecule has 1 N–H and O–H groups in total. The van der Waals surface area contributed by atoms with E-state index in [4.69, 9.17) is 4.74 Å². The van der Waals surface area contributed by atoms with Crippen molar-refractivity contribution in [3.05, 3.63) is 29.3 Å². The van der Waals surface area contributed by atoms with Crippen molar-refractivity contribution >= 4 is 5.69 Å². The highest BCUT2D eigenvalue weighted by Crippen LogP contribution is 2.14. The summed E-state index contributed by atoms with van der Waals surface area (Å²) in [5.41, 5.74) is 3.77. The number of anilines is 1. The van der Waals surface area contributed by atoms with Gasteiger partial charge in [-0.3, -0.25) is 0 Å². The summed E-state index contributed by atoms with van der Waals surface area (Å²) < 4.78 is 5.37. The standard InChI is InChI=1S/C13H21NO/c1-5-15-9-12(4)14-13-7-10(2)6-11(3)8-13/h6-8,12,14H,5,9H2,1-4H3. The summed E-state index contributed by atoms with van der Waals surface area (Å²) in [4.78, 5) is 0. The van der Waals surface area contributed by atoms with Crippen LogP contribution in [0.3, 0.4) is 0 Å². The SMILES string of the molecule is CCOCC(C)Nc1cc(C)cc(C)c1. The molecule has 0 aromatic heterocycles. The average Bonchev–Trinajstić information content (AvgIpc) is 2.13. The van der Waals surface area contributed by atoms with Gasteiger partial charge in [-0.2, -0.15) is 0 Å². The molecule has 0 saturated heterocycles.